The van der Waals surface area contributed by atoms with Crippen molar-refractivity contribution in [3.63, 3.8) is 0 Å². The van der Waals surface area contributed by atoms with E-state index in [4.69, 9.17) is 13.9 Å². The number of ether oxygens (including phenoxy) is 2. The molecule has 5 rings (SSSR count). The van der Waals surface area contributed by atoms with Crippen LogP contribution < -0.4 is 14.4 Å². The summed E-state index contributed by atoms with van der Waals surface area (Å²) in [7, 11) is 0. The number of hydrogen-bond acceptors (Lipinski definition) is 7. The molecule has 0 amide bonds. The van der Waals surface area contributed by atoms with Crippen LogP contribution in [0.25, 0.3) is 11.2 Å². The molecule has 2 aliphatic rings. The molecule has 2 aliphatic heterocycles. The van der Waals surface area contributed by atoms with Crippen molar-refractivity contribution in [3.8, 4) is 11.5 Å². The predicted octanol–water partition coefficient (Wildman–Crippen LogP) is 3.76. The quantitative estimate of drug-likeness (QED) is 0.682. The Hall–Kier alpha value is -2.83. The minimum absolute atomic E-state index is 0.139. The van der Waals surface area contributed by atoms with Crippen molar-refractivity contribution in [1.29, 1.82) is 0 Å². The lowest BCUT2D eigenvalue weighted by atomic mass is 9.77. The van der Waals surface area contributed by atoms with E-state index >= 15 is 0 Å². The normalized spacial score (nSPS) is 21.4. The summed E-state index contributed by atoms with van der Waals surface area (Å²) in [4.78, 5) is 15.8. The molecule has 146 valence electrons. The topological polar surface area (TPSA) is 73.5 Å². The fourth-order valence-electron chi connectivity index (χ4n) is 4.35. The molecule has 0 spiro atoms. The van der Waals surface area contributed by atoms with Gasteiger partial charge in [0.1, 0.15) is 6.33 Å². The van der Waals surface area contributed by atoms with Crippen LogP contribution in [0, 0.1) is 5.41 Å². The third-order valence-corrected chi connectivity index (χ3v) is 5.67. The molecule has 28 heavy (non-hydrogen) atoms. The molecule has 1 unspecified atom stereocenters. The van der Waals surface area contributed by atoms with Gasteiger partial charge in [0.05, 0.1) is 0 Å². The lowest BCUT2D eigenvalue weighted by Gasteiger charge is -2.41. The zero-order valence-electron chi connectivity index (χ0n) is 16.3. The Kier molecular flexibility index (Phi) is 4.10. The van der Waals surface area contributed by atoms with Gasteiger partial charge in [-0.15, -0.1) is 0 Å². The monoisotopic (exact) mass is 380 g/mol. The molecule has 1 aromatic carbocycles. The third-order valence-electron chi connectivity index (χ3n) is 5.67. The first kappa shape index (κ1) is 17.3. The summed E-state index contributed by atoms with van der Waals surface area (Å²) in [6, 6.07) is 6.27. The summed E-state index contributed by atoms with van der Waals surface area (Å²) in [5.74, 6) is 3.27. The van der Waals surface area contributed by atoms with E-state index in [1.807, 2.05) is 13.0 Å². The number of rotatable bonds is 4. The van der Waals surface area contributed by atoms with Crippen LogP contribution in [0.4, 0.5) is 5.82 Å². The van der Waals surface area contributed by atoms with E-state index < -0.39 is 0 Å². The van der Waals surface area contributed by atoms with Gasteiger partial charge < -0.3 is 18.8 Å². The van der Waals surface area contributed by atoms with Gasteiger partial charge in [0.2, 0.25) is 6.79 Å². The lowest BCUT2D eigenvalue weighted by molar-refractivity contribution is 0.174. The van der Waals surface area contributed by atoms with Crippen LogP contribution in [-0.4, -0.2) is 34.8 Å². The van der Waals surface area contributed by atoms with Crippen molar-refractivity contribution in [1.82, 2.24) is 15.0 Å². The zero-order chi connectivity index (χ0) is 19.1. The lowest BCUT2D eigenvalue weighted by Crippen LogP contribution is -2.43. The average molecular weight is 380 g/mol. The Morgan fingerprint density at radius 3 is 2.96 bits per heavy atom. The first-order valence-electron chi connectivity index (χ1n) is 9.87. The van der Waals surface area contributed by atoms with Crippen LogP contribution in [0.2, 0.25) is 0 Å². The molecule has 0 N–H and O–H groups in total. The Bertz CT molecular complexity index is 1020. The highest BCUT2D eigenvalue weighted by Crippen LogP contribution is 2.39. The molecule has 0 saturated carbocycles. The first-order chi connectivity index (χ1) is 13.6. The summed E-state index contributed by atoms with van der Waals surface area (Å²) >= 11 is 0. The molecule has 3 aromatic rings. The van der Waals surface area contributed by atoms with Crippen LogP contribution in [-0.2, 0) is 12.8 Å². The second-order valence-corrected chi connectivity index (χ2v) is 8.01. The van der Waals surface area contributed by atoms with Gasteiger partial charge >= 0.3 is 0 Å². The van der Waals surface area contributed by atoms with Crippen LogP contribution in [0.3, 0.4) is 0 Å². The minimum atomic E-state index is 0.139. The van der Waals surface area contributed by atoms with Crippen molar-refractivity contribution >= 4 is 17.0 Å². The maximum absolute atomic E-state index is 5.72. The first-order valence-corrected chi connectivity index (χ1v) is 9.87. The van der Waals surface area contributed by atoms with Gasteiger partial charge in [0, 0.05) is 19.5 Å². The largest absolute Gasteiger partial charge is 0.454 e. The van der Waals surface area contributed by atoms with E-state index in [2.05, 4.69) is 38.9 Å². The number of fused-ring (bicyclic) bond motifs is 2. The number of anilines is 1. The van der Waals surface area contributed by atoms with Gasteiger partial charge in [-0.2, -0.15) is 4.98 Å². The fourth-order valence-corrected chi connectivity index (χ4v) is 4.35. The van der Waals surface area contributed by atoms with Crippen molar-refractivity contribution in [2.24, 2.45) is 5.41 Å². The molecule has 1 atom stereocenters. The van der Waals surface area contributed by atoms with E-state index in [-0.39, 0.29) is 5.41 Å². The summed E-state index contributed by atoms with van der Waals surface area (Å²) < 4.78 is 16.7. The van der Waals surface area contributed by atoms with E-state index in [1.54, 1.807) is 6.33 Å². The zero-order valence-corrected chi connectivity index (χ0v) is 16.3. The van der Waals surface area contributed by atoms with E-state index in [0.29, 0.717) is 18.4 Å². The molecular weight excluding hydrogens is 356 g/mol. The Labute approximate surface area is 163 Å². The number of piperidine rings is 1. The third kappa shape index (κ3) is 3.04. The highest BCUT2D eigenvalue weighted by molar-refractivity contribution is 5.81. The second kappa shape index (κ2) is 6.65. The predicted molar refractivity (Wildman–Crippen MR) is 105 cm³/mol. The summed E-state index contributed by atoms with van der Waals surface area (Å²) in [5.41, 5.74) is 2.76. The molecule has 0 radical (unpaired) electrons. The molecule has 1 fully saturated rings. The van der Waals surface area contributed by atoms with Gasteiger partial charge in [-0.3, -0.25) is 0 Å². The van der Waals surface area contributed by atoms with Crippen molar-refractivity contribution in [2.45, 2.75) is 39.5 Å². The van der Waals surface area contributed by atoms with Gasteiger partial charge in [0.25, 0.3) is 5.71 Å². The van der Waals surface area contributed by atoms with Crippen molar-refractivity contribution < 1.29 is 13.9 Å². The standard InChI is InChI=1S/C21H24N4O3/c1-3-17-24-18-19(22-12-23-20(18)28-17)25-8-4-7-21(2,11-25)10-14-5-6-15-16(9-14)27-13-26-15/h5-6,9,12H,3-4,7-8,10-11,13H2,1-2H3. The molecule has 0 bridgehead atoms. The molecule has 2 aromatic heterocycles. The van der Waals surface area contributed by atoms with Crippen molar-refractivity contribution in [2.75, 3.05) is 24.8 Å². The summed E-state index contributed by atoms with van der Waals surface area (Å²) in [6.07, 6.45) is 5.59. The van der Waals surface area contributed by atoms with Crippen LogP contribution in [0.5, 0.6) is 11.5 Å². The number of oxazole rings is 1. The number of benzene rings is 1. The van der Waals surface area contributed by atoms with Crippen LogP contribution in [0.1, 0.15) is 38.1 Å². The SMILES string of the molecule is CCc1nc2c(N3CCCC(C)(Cc4ccc5c(c4)OCO5)C3)ncnc2o1. The molecule has 7 nitrogen and oxygen atoms in total. The molecular formula is C21H24N4O3. The second-order valence-electron chi connectivity index (χ2n) is 8.01. The summed E-state index contributed by atoms with van der Waals surface area (Å²) in [6.45, 7) is 6.58. The maximum atomic E-state index is 5.72. The van der Waals surface area contributed by atoms with Crippen LogP contribution in [0.15, 0.2) is 28.9 Å². The maximum Gasteiger partial charge on any atom is 0.252 e. The molecule has 7 heteroatoms. The molecule has 1 saturated heterocycles. The smallest absolute Gasteiger partial charge is 0.252 e. The minimum Gasteiger partial charge on any atom is -0.454 e. The van der Waals surface area contributed by atoms with E-state index in [9.17, 15) is 0 Å². The van der Waals surface area contributed by atoms with Gasteiger partial charge in [0.15, 0.2) is 28.7 Å². The number of hydrogen-bond donors (Lipinski definition) is 0. The fraction of sp³-hybridized carbons (Fsp3) is 0.476. The van der Waals surface area contributed by atoms with Crippen molar-refractivity contribution in [3.05, 3.63) is 36.0 Å². The Morgan fingerprint density at radius 1 is 1.18 bits per heavy atom. The molecule has 0 aliphatic carbocycles. The van der Waals surface area contributed by atoms with Gasteiger partial charge in [-0.1, -0.05) is 19.9 Å². The van der Waals surface area contributed by atoms with E-state index in [0.717, 1.165) is 55.2 Å². The number of nitrogens with zero attached hydrogens (tertiary/aromatic N) is 4. The van der Waals surface area contributed by atoms with Gasteiger partial charge in [-0.25, -0.2) is 9.97 Å². The highest BCUT2D eigenvalue weighted by atomic mass is 16.7. The Balaban J connectivity index is 1.40. The number of aromatic nitrogens is 3. The van der Waals surface area contributed by atoms with E-state index in [1.165, 1.54) is 12.0 Å². The van der Waals surface area contributed by atoms with Gasteiger partial charge in [-0.05, 0) is 42.4 Å². The average Bonchev–Trinajstić information content (AvgIpc) is 3.33. The van der Waals surface area contributed by atoms with Crippen LogP contribution >= 0.6 is 0 Å². The molecule has 4 heterocycles. The highest BCUT2D eigenvalue weighted by Gasteiger charge is 2.33. The number of aryl methyl sites for hydroxylation is 1. The Morgan fingerprint density at radius 2 is 2.07 bits per heavy atom. The summed E-state index contributed by atoms with van der Waals surface area (Å²) in [5, 5.41) is 0.